The highest BCUT2D eigenvalue weighted by molar-refractivity contribution is 6.61. The zero-order valence-corrected chi connectivity index (χ0v) is 11.4. The molecule has 0 bridgehead atoms. The molecule has 16 heavy (non-hydrogen) atoms. The first-order valence-electron chi connectivity index (χ1n) is 5.92. The number of hydrogen-bond acceptors (Lipinski definition) is 2. The van der Waals surface area contributed by atoms with Crippen molar-refractivity contribution in [3.05, 3.63) is 30.3 Å². The van der Waals surface area contributed by atoms with Crippen LogP contribution in [0.4, 0.5) is 0 Å². The molecule has 0 saturated carbocycles. The summed E-state index contributed by atoms with van der Waals surface area (Å²) in [6.07, 6.45) is 2.00. The van der Waals surface area contributed by atoms with E-state index < -0.39 is 8.80 Å². The van der Waals surface area contributed by atoms with Crippen LogP contribution >= 0.6 is 0 Å². The smallest absolute Gasteiger partial charge is 0.311 e. The van der Waals surface area contributed by atoms with Gasteiger partial charge in [-0.25, -0.2) is 0 Å². The second-order valence-electron chi connectivity index (χ2n) is 4.37. The normalized spacial score (nSPS) is 12.5. The van der Waals surface area contributed by atoms with E-state index >= 15 is 0 Å². The van der Waals surface area contributed by atoms with Crippen LogP contribution in [0, 0.1) is 0 Å². The molecule has 2 nitrogen and oxygen atoms in total. The third-order valence-corrected chi connectivity index (χ3v) is 4.88. The summed E-state index contributed by atoms with van der Waals surface area (Å²) in [6, 6.07) is 9.32. The van der Waals surface area contributed by atoms with Gasteiger partial charge in [-0.05, 0) is 18.6 Å². The fraction of sp³-hybridized carbons (Fsp3) is 0.462. The number of esters is 1. The first kappa shape index (κ1) is 13.0. The molecule has 0 heterocycles. The van der Waals surface area contributed by atoms with Crippen molar-refractivity contribution in [2.75, 3.05) is 0 Å². The Morgan fingerprint density at radius 2 is 1.94 bits per heavy atom. The first-order chi connectivity index (χ1) is 7.65. The Hall–Kier alpha value is -1.09. The lowest BCUT2D eigenvalue weighted by Crippen LogP contribution is -2.25. The molecule has 1 unspecified atom stereocenters. The maximum absolute atomic E-state index is 12.0. The predicted octanol–water partition coefficient (Wildman–Crippen LogP) is 3.25. The van der Waals surface area contributed by atoms with E-state index in [0.717, 1.165) is 12.8 Å². The average Bonchev–Trinajstić information content (AvgIpc) is 2.26. The van der Waals surface area contributed by atoms with E-state index in [9.17, 15) is 4.79 Å². The predicted molar refractivity (Wildman–Crippen MR) is 69.6 cm³/mol. The van der Waals surface area contributed by atoms with E-state index in [1.54, 1.807) is 0 Å². The number of rotatable bonds is 5. The lowest BCUT2D eigenvalue weighted by Gasteiger charge is -2.17. The number of benzene rings is 1. The molecule has 0 aromatic heterocycles. The Kier molecular flexibility index (Phi) is 5.26. The molecule has 0 radical (unpaired) electrons. The van der Waals surface area contributed by atoms with Crippen molar-refractivity contribution < 1.29 is 9.53 Å². The van der Waals surface area contributed by atoms with Crippen molar-refractivity contribution >= 4 is 14.8 Å². The maximum Gasteiger partial charge on any atom is 0.311 e. The Bertz CT molecular complexity index is 322. The summed E-state index contributed by atoms with van der Waals surface area (Å²) in [5, 5.41) is 0. The molecule has 0 amide bonds. The van der Waals surface area contributed by atoms with E-state index in [1.807, 2.05) is 30.3 Å². The quantitative estimate of drug-likeness (QED) is 0.445. The summed E-state index contributed by atoms with van der Waals surface area (Å²) in [7, 11) is -0.977. The van der Waals surface area contributed by atoms with Gasteiger partial charge < -0.3 is 4.74 Å². The molecule has 0 aliphatic heterocycles. The molecule has 0 spiro atoms. The van der Waals surface area contributed by atoms with Crippen molar-refractivity contribution in [3.63, 3.8) is 0 Å². The van der Waals surface area contributed by atoms with Crippen LogP contribution in [0.25, 0.3) is 0 Å². The maximum atomic E-state index is 12.0. The summed E-state index contributed by atoms with van der Waals surface area (Å²) in [5.41, 5.74) is 0.144. The minimum atomic E-state index is -0.977. The standard InChI is InChI=1S/C13H20O2Si/c1-4-8-12(16(2)3)13(14)15-11-9-6-5-7-10-11/h5-7,9-10,12,16H,4,8H2,1-3H3. The van der Waals surface area contributed by atoms with Crippen LogP contribution in [0.5, 0.6) is 5.75 Å². The zero-order chi connectivity index (χ0) is 12.0. The lowest BCUT2D eigenvalue weighted by atomic mass is 10.2. The number of carbonyl (C=O) groups excluding carboxylic acids is 1. The van der Waals surface area contributed by atoms with Crippen molar-refractivity contribution in [3.8, 4) is 5.75 Å². The Morgan fingerprint density at radius 3 is 2.44 bits per heavy atom. The van der Waals surface area contributed by atoms with Crippen molar-refractivity contribution in [1.82, 2.24) is 0 Å². The molecule has 1 atom stereocenters. The number of carbonyl (C=O) groups is 1. The Morgan fingerprint density at radius 1 is 1.31 bits per heavy atom. The molecular weight excluding hydrogens is 216 g/mol. The van der Waals surface area contributed by atoms with Gasteiger partial charge in [0.05, 0.1) is 0 Å². The van der Waals surface area contributed by atoms with E-state index in [1.165, 1.54) is 0 Å². The molecule has 1 aromatic rings. The third kappa shape index (κ3) is 3.81. The third-order valence-electron chi connectivity index (χ3n) is 2.67. The molecule has 0 aliphatic rings. The SMILES string of the molecule is CCCC(C(=O)Oc1ccccc1)[SiH](C)C. The van der Waals surface area contributed by atoms with Crippen LogP contribution in [0.15, 0.2) is 30.3 Å². The topological polar surface area (TPSA) is 26.3 Å². The summed E-state index contributed by atoms with van der Waals surface area (Å²) in [5.74, 6) is 0.609. The summed E-state index contributed by atoms with van der Waals surface area (Å²) >= 11 is 0. The molecule has 1 aromatic carbocycles. The van der Waals surface area contributed by atoms with Gasteiger partial charge in [-0.15, -0.1) is 0 Å². The minimum Gasteiger partial charge on any atom is -0.427 e. The second kappa shape index (κ2) is 6.48. The Balaban J connectivity index is 2.62. The molecule has 88 valence electrons. The summed E-state index contributed by atoms with van der Waals surface area (Å²) < 4.78 is 5.39. The van der Waals surface area contributed by atoms with Gasteiger partial charge in [-0.1, -0.05) is 44.6 Å². The first-order valence-corrected chi connectivity index (χ1v) is 8.89. The number of hydrogen-bond donors (Lipinski definition) is 0. The van der Waals surface area contributed by atoms with Gasteiger partial charge in [0, 0.05) is 14.3 Å². The summed E-state index contributed by atoms with van der Waals surface area (Å²) in [4.78, 5) is 12.0. The van der Waals surface area contributed by atoms with Gasteiger partial charge >= 0.3 is 5.97 Å². The second-order valence-corrected chi connectivity index (χ2v) is 7.67. The van der Waals surface area contributed by atoms with Crippen LogP contribution < -0.4 is 4.74 Å². The van der Waals surface area contributed by atoms with E-state index in [-0.39, 0.29) is 11.5 Å². The molecule has 0 saturated heterocycles. The van der Waals surface area contributed by atoms with Crippen molar-refractivity contribution in [2.45, 2.75) is 38.4 Å². The van der Waals surface area contributed by atoms with Gasteiger partial charge in [-0.2, -0.15) is 0 Å². The van der Waals surface area contributed by atoms with Gasteiger partial charge in [-0.3, -0.25) is 4.79 Å². The van der Waals surface area contributed by atoms with Crippen LogP contribution in [0.3, 0.4) is 0 Å². The van der Waals surface area contributed by atoms with Crippen LogP contribution in [0.1, 0.15) is 19.8 Å². The molecular formula is C13H20O2Si. The highest BCUT2D eigenvalue weighted by Crippen LogP contribution is 2.21. The van der Waals surface area contributed by atoms with Crippen LogP contribution in [-0.2, 0) is 4.79 Å². The Labute approximate surface area is 99.2 Å². The fourth-order valence-corrected chi connectivity index (χ4v) is 3.33. The van der Waals surface area contributed by atoms with Crippen LogP contribution in [-0.4, -0.2) is 14.8 Å². The number of ether oxygens (including phenoxy) is 1. The molecule has 0 fully saturated rings. The van der Waals surface area contributed by atoms with Crippen molar-refractivity contribution in [1.29, 1.82) is 0 Å². The number of para-hydroxylation sites is 1. The lowest BCUT2D eigenvalue weighted by molar-refractivity contribution is -0.134. The van der Waals surface area contributed by atoms with Gasteiger partial charge in [0.25, 0.3) is 0 Å². The summed E-state index contributed by atoms with van der Waals surface area (Å²) in [6.45, 7) is 6.51. The zero-order valence-electron chi connectivity index (χ0n) is 10.3. The van der Waals surface area contributed by atoms with E-state index in [4.69, 9.17) is 4.74 Å². The van der Waals surface area contributed by atoms with E-state index in [2.05, 4.69) is 20.0 Å². The van der Waals surface area contributed by atoms with Gasteiger partial charge in [0.2, 0.25) is 0 Å². The average molecular weight is 236 g/mol. The highest BCUT2D eigenvalue weighted by atomic mass is 28.3. The molecule has 3 heteroatoms. The monoisotopic (exact) mass is 236 g/mol. The van der Waals surface area contributed by atoms with Crippen molar-refractivity contribution in [2.24, 2.45) is 0 Å². The van der Waals surface area contributed by atoms with Crippen LogP contribution in [0.2, 0.25) is 18.6 Å². The largest absolute Gasteiger partial charge is 0.427 e. The minimum absolute atomic E-state index is 0.0466. The van der Waals surface area contributed by atoms with E-state index in [0.29, 0.717) is 5.75 Å². The highest BCUT2D eigenvalue weighted by Gasteiger charge is 2.23. The van der Waals surface area contributed by atoms with Gasteiger partial charge in [0.1, 0.15) is 5.75 Å². The van der Waals surface area contributed by atoms with Gasteiger partial charge in [0.15, 0.2) is 0 Å². The molecule has 1 rings (SSSR count). The fourth-order valence-electron chi connectivity index (χ4n) is 1.71. The molecule has 0 aliphatic carbocycles. The molecule has 0 N–H and O–H groups in total.